The number of carbonyl (C=O) groups excluding carboxylic acids is 2. The molecule has 0 spiro atoms. The van der Waals surface area contributed by atoms with Crippen molar-refractivity contribution in [3.05, 3.63) is 0 Å². The third-order valence-corrected chi connectivity index (χ3v) is 4.20. The minimum atomic E-state index is 0.268. The summed E-state index contributed by atoms with van der Waals surface area (Å²) in [5.41, 5.74) is 0. The third kappa shape index (κ3) is 1.51. The Balaban J connectivity index is 2.12. The van der Waals surface area contributed by atoms with Crippen molar-refractivity contribution < 1.29 is 9.59 Å². The van der Waals surface area contributed by atoms with Crippen molar-refractivity contribution in [1.82, 2.24) is 0 Å². The van der Waals surface area contributed by atoms with Gasteiger partial charge in [-0.2, -0.15) is 0 Å². The second-order valence-electron chi connectivity index (χ2n) is 5.00. The number of hydrogen-bond donors (Lipinski definition) is 0. The molecule has 3 aliphatic carbocycles. The largest absolute Gasteiger partial charge is 0.300 e. The van der Waals surface area contributed by atoms with Crippen molar-refractivity contribution in [3.8, 4) is 0 Å². The van der Waals surface area contributed by atoms with Gasteiger partial charge in [-0.15, -0.1) is 0 Å². The molecular formula is C12H18O2. The van der Waals surface area contributed by atoms with E-state index in [-0.39, 0.29) is 11.8 Å². The number of hydrogen-bond acceptors (Lipinski definition) is 2. The van der Waals surface area contributed by atoms with Gasteiger partial charge < -0.3 is 0 Å². The van der Waals surface area contributed by atoms with Crippen LogP contribution in [0.1, 0.15) is 39.5 Å². The second kappa shape index (κ2) is 3.48. The van der Waals surface area contributed by atoms with Crippen LogP contribution in [0.2, 0.25) is 0 Å². The van der Waals surface area contributed by atoms with Gasteiger partial charge in [0.15, 0.2) is 0 Å². The molecule has 3 aliphatic rings. The maximum absolute atomic E-state index is 11.4. The summed E-state index contributed by atoms with van der Waals surface area (Å²) in [6, 6.07) is 0. The zero-order valence-corrected chi connectivity index (χ0v) is 8.95. The highest BCUT2D eigenvalue weighted by molar-refractivity contribution is 5.81. The van der Waals surface area contributed by atoms with Gasteiger partial charge in [-0.05, 0) is 51.4 Å². The van der Waals surface area contributed by atoms with E-state index in [9.17, 15) is 9.59 Å². The average molecular weight is 194 g/mol. The molecule has 0 aromatic heterocycles. The van der Waals surface area contributed by atoms with E-state index in [4.69, 9.17) is 0 Å². The van der Waals surface area contributed by atoms with E-state index < -0.39 is 0 Å². The van der Waals surface area contributed by atoms with Gasteiger partial charge in [0.05, 0.1) is 0 Å². The average Bonchev–Trinajstić information content (AvgIpc) is 2.18. The molecule has 3 fully saturated rings. The molecule has 0 aromatic carbocycles. The van der Waals surface area contributed by atoms with E-state index in [0.29, 0.717) is 23.4 Å². The van der Waals surface area contributed by atoms with E-state index in [1.807, 2.05) is 0 Å². The first-order valence-corrected chi connectivity index (χ1v) is 5.60. The Morgan fingerprint density at radius 3 is 1.43 bits per heavy atom. The molecule has 0 aromatic rings. The van der Waals surface area contributed by atoms with Crippen LogP contribution in [0, 0.1) is 23.7 Å². The summed E-state index contributed by atoms with van der Waals surface area (Å²) in [5, 5.41) is 0. The molecule has 2 heteroatoms. The Bertz CT molecular complexity index is 241. The van der Waals surface area contributed by atoms with Crippen LogP contribution in [-0.2, 0) is 9.59 Å². The Morgan fingerprint density at radius 2 is 1.21 bits per heavy atom. The van der Waals surface area contributed by atoms with Crippen molar-refractivity contribution in [1.29, 1.82) is 0 Å². The summed E-state index contributed by atoms with van der Waals surface area (Å²) in [6.07, 6.45) is 4.28. The number of carbonyl (C=O) groups is 2. The molecule has 78 valence electrons. The third-order valence-electron chi connectivity index (χ3n) is 4.20. The van der Waals surface area contributed by atoms with Crippen molar-refractivity contribution >= 4 is 11.6 Å². The molecule has 3 saturated carbocycles. The van der Waals surface area contributed by atoms with Crippen molar-refractivity contribution in [2.45, 2.75) is 39.5 Å². The lowest BCUT2D eigenvalue weighted by Crippen LogP contribution is -2.42. The first kappa shape index (κ1) is 9.88. The molecule has 0 N–H and O–H groups in total. The molecule has 4 unspecified atom stereocenters. The maximum atomic E-state index is 11.4. The van der Waals surface area contributed by atoms with Crippen LogP contribution >= 0.6 is 0 Å². The van der Waals surface area contributed by atoms with E-state index in [2.05, 4.69) is 0 Å². The Hall–Kier alpha value is -0.660. The van der Waals surface area contributed by atoms with Gasteiger partial charge in [-0.25, -0.2) is 0 Å². The van der Waals surface area contributed by atoms with Crippen LogP contribution in [-0.4, -0.2) is 11.6 Å². The van der Waals surface area contributed by atoms with Crippen LogP contribution in [0.3, 0.4) is 0 Å². The molecule has 2 nitrogen and oxygen atoms in total. The lowest BCUT2D eigenvalue weighted by atomic mass is 9.58. The highest BCUT2D eigenvalue weighted by Gasteiger charge is 2.44. The highest BCUT2D eigenvalue weighted by atomic mass is 16.1. The number of Topliss-reactive ketones (excluding diaryl/α,β-unsaturated/α-hetero) is 2. The quantitative estimate of drug-likeness (QED) is 0.675. The van der Waals surface area contributed by atoms with E-state index >= 15 is 0 Å². The van der Waals surface area contributed by atoms with Gasteiger partial charge in [0.2, 0.25) is 0 Å². The van der Waals surface area contributed by atoms with Crippen LogP contribution in [0.15, 0.2) is 0 Å². The van der Waals surface area contributed by atoms with Crippen LogP contribution < -0.4 is 0 Å². The van der Waals surface area contributed by atoms with Gasteiger partial charge in [-0.1, -0.05) is 0 Å². The molecule has 3 rings (SSSR count). The molecular weight excluding hydrogens is 176 g/mol. The van der Waals surface area contributed by atoms with Gasteiger partial charge in [0, 0.05) is 11.8 Å². The van der Waals surface area contributed by atoms with Crippen molar-refractivity contribution in [2.24, 2.45) is 23.7 Å². The van der Waals surface area contributed by atoms with Gasteiger partial charge in [-0.3, -0.25) is 9.59 Å². The van der Waals surface area contributed by atoms with Crippen LogP contribution in [0.5, 0.6) is 0 Å². The summed E-state index contributed by atoms with van der Waals surface area (Å²) < 4.78 is 0. The van der Waals surface area contributed by atoms with Crippen molar-refractivity contribution in [2.75, 3.05) is 0 Å². The zero-order chi connectivity index (χ0) is 10.3. The Kier molecular flexibility index (Phi) is 2.46. The lowest BCUT2D eigenvalue weighted by molar-refractivity contribution is -0.134. The smallest absolute Gasteiger partial charge is 0.133 e. The van der Waals surface area contributed by atoms with Crippen molar-refractivity contribution in [3.63, 3.8) is 0 Å². The van der Waals surface area contributed by atoms with Gasteiger partial charge in [0.1, 0.15) is 11.6 Å². The fraction of sp³-hybridized carbons (Fsp3) is 0.833. The summed E-state index contributed by atoms with van der Waals surface area (Å²) in [4.78, 5) is 22.8. The topological polar surface area (TPSA) is 34.1 Å². The molecule has 0 amide bonds. The van der Waals surface area contributed by atoms with Gasteiger partial charge in [0.25, 0.3) is 0 Å². The summed E-state index contributed by atoms with van der Waals surface area (Å²) >= 11 is 0. The molecule has 4 atom stereocenters. The monoisotopic (exact) mass is 194 g/mol. The Morgan fingerprint density at radius 1 is 0.857 bits per heavy atom. The Labute approximate surface area is 85.1 Å². The van der Waals surface area contributed by atoms with Gasteiger partial charge >= 0.3 is 0 Å². The lowest BCUT2D eigenvalue weighted by Gasteiger charge is -2.45. The first-order chi connectivity index (χ1) is 6.59. The summed E-state index contributed by atoms with van der Waals surface area (Å²) in [5.74, 6) is 2.22. The van der Waals surface area contributed by atoms with E-state index in [1.54, 1.807) is 13.8 Å². The minimum Gasteiger partial charge on any atom is -0.300 e. The molecule has 0 aliphatic heterocycles. The SMILES string of the molecule is CC(=O)C1CC2CCC1CC2C(C)=O. The molecule has 0 saturated heterocycles. The summed E-state index contributed by atoms with van der Waals surface area (Å²) in [6.45, 7) is 3.41. The number of rotatable bonds is 2. The van der Waals surface area contributed by atoms with Crippen LogP contribution in [0.25, 0.3) is 0 Å². The summed E-state index contributed by atoms with van der Waals surface area (Å²) in [7, 11) is 0. The van der Waals surface area contributed by atoms with Crippen LogP contribution in [0.4, 0.5) is 0 Å². The second-order valence-corrected chi connectivity index (χ2v) is 5.00. The first-order valence-electron chi connectivity index (χ1n) is 5.60. The number of ketones is 2. The number of fused-ring (bicyclic) bond motifs is 3. The fourth-order valence-electron chi connectivity index (χ4n) is 3.43. The van der Waals surface area contributed by atoms with E-state index in [1.165, 1.54) is 12.8 Å². The predicted octanol–water partition coefficient (Wildman–Crippen LogP) is 2.22. The zero-order valence-electron chi connectivity index (χ0n) is 8.95. The molecule has 2 bridgehead atoms. The highest BCUT2D eigenvalue weighted by Crippen LogP contribution is 2.48. The maximum Gasteiger partial charge on any atom is 0.133 e. The standard InChI is InChI=1S/C12H18O2/c1-7(13)11-5-10-4-3-9(11)6-12(10)8(2)14/h9-12H,3-6H2,1-2H3. The molecule has 14 heavy (non-hydrogen) atoms. The predicted molar refractivity (Wildman–Crippen MR) is 53.8 cm³/mol. The van der Waals surface area contributed by atoms with E-state index in [0.717, 1.165) is 12.8 Å². The molecule has 0 radical (unpaired) electrons. The molecule has 0 heterocycles. The fourth-order valence-corrected chi connectivity index (χ4v) is 3.43. The normalized spacial score (nSPS) is 41.0. The minimum absolute atomic E-state index is 0.268.